The quantitative estimate of drug-likeness (QED) is 0.780. The average Bonchev–Trinajstić information content (AvgIpc) is 3.23. The second kappa shape index (κ2) is 6.39. The van der Waals surface area contributed by atoms with E-state index in [-0.39, 0.29) is 34.5 Å². The summed E-state index contributed by atoms with van der Waals surface area (Å²) in [4.78, 5) is 24.1. The van der Waals surface area contributed by atoms with E-state index in [0.29, 0.717) is 19.6 Å². The van der Waals surface area contributed by atoms with Crippen molar-refractivity contribution in [2.45, 2.75) is 70.7 Å². The first kappa shape index (κ1) is 18.6. The van der Waals surface area contributed by atoms with Gasteiger partial charge in [0.05, 0.1) is 19.3 Å². The van der Waals surface area contributed by atoms with Gasteiger partial charge in [0, 0.05) is 23.7 Å². The summed E-state index contributed by atoms with van der Waals surface area (Å²) in [5.74, 6) is -0.316. The molecule has 1 spiro atoms. The Morgan fingerprint density at radius 1 is 0.923 bits per heavy atom. The minimum absolute atomic E-state index is 0.0661. The summed E-state index contributed by atoms with van der Waals surface area (Å²) >= 11 is 0. The van der Waals surface area contributed by atoms with Gasteiger partial charge in [-0.1, -0.05) is 13.8 Å². The average molecular weight is 364 g/mol. The lowest BCUT2D eigenvalue weighted by molar-refractivity contribution is -0.241. The number of ether oxygens (including phenoxy) is 2. The number of carbonyl (C=O) groups is 2. The van der Waals surface area contributed by atoms with Crippen LogP contribution in [0.1, 0.15) is 58.8 Å². The molecule has 5 nitrogen and oxygen atoms in total. The molecule has 3 saturated carbocycles. The van der Waals surface area contributed by atoms with Crippen molar-refractivity contribution >= 4 is 12.6 Å². The normalized spacial score (nSPS) is 50.5. The molecular formula is C21H32O5. The van der Waals surface area contributed by atoms with Gasteiger partial charge < -0.3 is 24.2 Å². The van der Waals surface area contributed by atoms with E-state index >= 15 is 0 Å². The zero-order chi connectivity index (χ0) is 18.6. The van der Waals surface area contributed by atoms with E-state index in [0.717, 1.165) is 51.1 Å². The van der Waals surface area contributed by atoms with Crippen LogP contribution in [-0.4, -0.2) is 42.8 Å². The van der Waals surface area contributed by atoms with E-state index in [1.165, 1.54) is 0 Å². The van der Waals surface area contributed by atoms with Crippen LogP contribution >= 0.6 is 0 Å². The van der Waals surface area contributed by atoms with Gasteiger partial charge in [-0.05, 0) is 55.8 Å². The van der Waals surface area contributed by atoms with Crippen LogP contribution in [0.25, 0.3) is 0 Å². The van der Waals surface area contributed by atoms with E-state index in [4.69, 9.17) is 9.47 Å². The maximum absolute atomic E-state index is 12.3. The maximum Gasteiger partial charge on any atom is 0.174 e. The van der Waals surface area contributed by atoms with Gasteiger partial charge in [-0.3, -0.25) is 0 Å². The van der Waals surface area contributed by atoms with Crippen molar-refractivity contribution in [3.8, 4) is 0 Å². The van der Waals surface area contributed by atoms with Gasteiger partial charge in [0.2, 0.25) is 0 Å². The summed E-state index contributed by atoms with van der Waals surface area (Å²) in [5, 5.41) is 10.0. The third-order valence-electron chi connectivity index (χ3n) is 8.69. The van der Waals surface area contributed by atoms with Gasteiger partial charge in [0.25, 0.3) is 0 Å². The standard InChI is InChI=1S/C21H32O5/c1-19(6-3-15(24)11-14(19)12-22)17-4-7-20(2)18(16(17)13-23)5-8-21(20)25-9-10-26-21/h12-18,24H,3-11H2,1-2H3/t14-,15+,16-,17?,18?,19+,20+/m1/s1. The fraction of sp³-hybridized carbons (Fsp3) is 0.905. The van der Waals surface area contributed by atoms with Crippen LogP contribution in [0.3, 0.4) is 0 Å². The largest absolute Gasteiger partial charge is 0.393 e. The molecule has 26 heavy (non-hydrogen) atoms. The van der Waals surface area contributed by atoms with Crippen LogP contribution in [0, 0.1) is 34.5 Å². The Morgan fingerprint density at radius 2 is 1.62 bits per heavy atom. The van der Waals surface area contributed by atoms with Gasteiger partial charge in [-0.15, -0.1) is 0 Å². The minimum Gasteiger partial charge on any atom is -0.393 e. The molecule has 0 aromatic rings. The third kappa shape index (κ3) is 2.39. The molecule has 5 heteroatoms. The summed E-state index contributed by atoms with van der Waals surface area (Å²) in [6, 6.07) is 0. The van der Waals surface area contributed by atoms with Crippen molar-refractivity contribution in [2.24, 2.45) is 34.5 Å². The maximum atomic E-state index is 12.3. The van der Waals surface area contributed by atoms with E-state index in [9.17, 15) is 14.7 Å². The lowest BCUT2D eigenvalue weighted by Gasteiger charge is -2.56. The first-order chi connectivity index (χ1) is 12.4. The van der Waals surface area contributed by atoms with Crippen molar-refractivity contribution in [1.29, 1.82) is 0 Å². The summed E-state index contributed by atoms with van der Waals surface area (Å²) in [5.41, 5.74) is -0.339. The molecule has 4 rings (SSSR count). The second-order valence-corrected chi connectivity index (χ2v) is 9.55. The highest BCUT2D eigenvalue weighted by molar-refractivity contribution is 5.59. The van der Waals surface area contributed by atoms with E-state index in [1.807, 2.05) is 0 Å². The van der Waals surface area contributed by atoms with E-state index in [1.54, 1.807) is 0 Å². The Bertz CT molecular complexity index is 571. The number of carbonyl (C=O) groups excluding carboxylic acids is 2. The number of rotatable bonds is 3. The first-order valence-corrected chi connectivity index (χ1v) is 10.3. The molecule has 4 fully saturated rings. The first-order valence-electron chi connectivity index (χ1n) is 10.3. The van der Waals surface area contributed by atoms with Gasteiger partial charge >= 0.3 is 0 Å². The van der Waals surface area contributed by atoms with Crippen molar-refractivity contribution in [1.82, 2.24) is 0 Å². The number of aldehydes is 2. The van der Waals surface area contributed by atoms with Gasteiger partial charge in [-0.25, -0.2) is 0 Å². The highest BCUT2D eigenvalue weighted by Crippen LogP contribution is 2.66. The SMILES string of the molecule is C[C@]12CCC([C@@]3(C)CC[C@H](O)C[C@@H]3C=O)[C@@H](C=O)C1CCC21OCCO1. The Hall–Kier alpha value is -0.780. The van der Waals surface area contributed by atoms with Gasteiger partial charge in [0.15, 0.2) is 5.79 Å². The molecule has 1 saturated heterocycles. The lowest BCUT2D eigenvalue weighted by atomic mass is 9.49. The molecular weight excluding hydrogens is 332 g/mol. The number of fused-ring (bicyclic) bond motifs is 2. The molecule has 7 atom stereocenters. The number of aliphatic hydroxyl groups is 1. The lowest BCUT2D eigenvalue weighted by Crippen LogP contribution is -2.55. The highest BCUT2D eigenvalue weighted by atomic mass is 16.7. The Kier molecular flexibility index (Phi) is 4.56. The zero-order valence-electron chi connectivity index (χ0n) is 16.0. The highest BCUT2D eigenvalue weighted by Gasteiger charge is 2.66. The van der Waals surface area contributed by atoms with Crippen LogP contribution < -0.4 is 0 Å². The number of aliphatic hydroxyl groups excluding tert-OH is 1. The molecule has 2 unspecified atom stereocenters. The molecule has 1 aliphatic heterocycles. The van der Waals surface area contributed by atoms with E-state index < -0.39 is 11.9 Å². The van der Waals surface area contributed by atoms with Crippen molar-refractivity contribution in [3.05, 3.63) is 0 Å². The van der Waals surface area contributed by atoms with Crippen LogP contribution in [0.2, 0.25) is 0 Å². The predicted molar refractivity (Wildman–Crippen MR) is 95.3 cm³/mol. The third-order valence-corrected chi connectivity index (χ3v) is 8.69. The summed E-state index contributed by atoms with van der Waals surface area (Å²) in [7, 11) is 0. The summed E-state index contributed by atoms with van der Waals surface area (Å²) in [6.45, 7) is 5.70. The predicted octanol–water partition coefficient (Wildman–Crippen LogP) is 2.74. The van der Waals surface area contributed by atoms with Crippen LogP contribution in [-0.2, 0) is 19.1 Å². The van der Waals surface area contributed by atoms with Crippen molar-refractivity contribution in [3.63, 3.8) is 0 Å². The van der Waals surface area contributed by atoms with Crippen LogP contribution in [0.5, 0.6) is 0 Å². The van der Waals surface area contributed by atoms with E-state index in [2.05, 4.69) is 13.8 Å². The molecule has 146 valence electrons. The fourth-order valence-corrected chi connectivity index (χ4v) is 7.06. The molecule has 0 aromatic carbocycles. The second-order valence-electron chi connectivity index (χ2n) is 9.55. The smallest absolute Gasteiger partial charge is 0.174 e. The van der Waals surface area contributed by atoms with Crippen LogP contribution in [0.4, 0.5) is 0 Å². The van der Waals surface area contributed by atoms with Crippen molar-refractivity contribution in [2.75, 3.05) is 13.2 Å². The fourth-order valence-electron chi connectivity index (χ4n) is 7.06. The summed E-state index contributed by atoms with van der Waals surface area (Å²) in [6.07, 6.45) is 7.54. The molecule has 1 heterocycles. The molecule has 0 bridgehead atoms. The monoisotopic (exact) mass is 364 g/mol. The van der Waals surface area contributed by atoms with Crippen LogP contribution in [0.15, 0.2) is 0 Å². The Morgan fingerprint density at radius 3 is 2.27 bits per heavy atom. The number of hydrogen-bond donors (Lipinski definition) is 1. The zero-order valence-corrected chi connectivity index (χ0v) is 16.0. The Labute approximate surface area is 155 Å². The molecule has 1 N–H and O–H groups in total. The minimum atomic E-state index is -0.516. The molecule has 0 amide bonds. The topological polar surface area (TPSA) is 72.8 Å². The summed E-state index contributed by atoms with van der Waals surface area (Å²) < 4.78 is 12.2. The molecule has 3 aliphatic carbocycles. The van der Waals surface area contributed by atoms with Gasteiger partial charge in [0.1, 0.15) is 12.6 Å². The number of hydrogen-bond acceptors (Lipinski definition) is 5. The molecule has 0 radical (unpaired) electrons. The molecule has 4 aliphatic rings. The Balaban J connectivity index is 1.64. The van der Waals surface area contributed by atoms with Crippen molar-refractivity contribution < 1.29 is 24.2 Å². The van der Waals surface area contributed by atoms with Gasteiger partial charge in [-0.2, -0.15) is 0 Å². The molecule has 0 aromatic heterocycles.